The lowest BCUT2D eigenvalue weighted by Gasteiger charge is -2.21. The van der Waals surface area contributed by atoms with Gasteiger partial charge in [-0.05, 0) is 9.76 Å². The van der Waals surface area contributed by atoms with Crippen molar-refractivity contribution in [2.45, 2.75) is 96.7 Å². The number of hydrogen-bond acceptors (Lipinski definition) is 0. The Kier molecular flexibility index (Phi) is 14.6. The van der Waals surface area contributed by atoms with Gasteiger partial charge in [-0.3, -0.25) is 0 Å². The Labute approximate surface area is 123 Å². The molecule has 0 aliphatic heterocycles. The molecule has 18 heavy (non-hydrogen) atoms. The van der Waals surface area contributed by atoms with E-state index in [0.717, 1.165) is 0 Å². The first-order valence-electron chi connectivity index (χ1n) is 8.76. The molecule has 0 fully saturated rings. The maximum atomic E-state index is 2.35. The molecule has 0 aliphatic rings. The molecule has 0 nitrogen and oxygen atoms in total. The molecular formula is C15H38Si3. The van der Waals surface area contributed by atoms with E-state index in [0.29, 0.717) is 0 Å². The van der Waals surface area contributed by atoms with Crippen LogP contribution >= 0.6 is 0 Å². The fraction of sp³-hybridized carbons (Fsp3) is 1.00. The van der Waals surface area contributed by atoms with E-state index in [1.807, 2.05) is 0 Å². The Bertz CT molecular complexity index is 152. The summed E-state index contributed by atoms with van der Waals surface area (Å²) in [7, 11) is 1.24. The monoisotopic (exact) mass is 302 g/mol. The van der Waals surface area contributed by atoms with Gasteiger partial charge in [0.05, 0.1) is 0 Å². The molecule has 110 valence electrons. The van der Waals surface area contributed by atoms with Crippen LogP contribution in [-0.4, -0.2) is 25.9 Å². The van der Waals surface area contributed by atoms with Crippen LogP contribution in [0.1, 0.15) is 78.6 Å². The normalized spacial score (nSPS) is 13.3. The summed E-state index contributed by atoms with van der Waals surface area (Å²) in [6.45, 7) is 7.05. The number of hydrogen-bond donors (Lipinski definition) is 0. The van der Waals surface area contributed by atoms with Gasteiger partial charge in [-0.25, -0.2) is 0 Å². The summed E-state index contributed by atoms with van der Waals surface area (Å²) in [5.74, 6) is 0. The molecule has 1 unspecified atom stereocenters. The van der Waals surface area contributed by atoms with Crippen molar-refractivity contribution in [3.63, 3.8) is 0 Å². The van der Waals surface area contributed by atoms with Crippen molar-refractivity contribution in [3.8, 4) is 0 Å². The predicted molar refractivity (Wildman–Crippen MR) is 97.2 cm³/mol. The standard InChI is InChI=1S/C15H38Si3/c1-4-7-10-13-17(14-11-8-5-2)18(16)15-12-9-6-3/h17-18H,4-15H2,1-3,16H3. The van der Waals surface area contributed by atoms with Crippen LogP contribution in [0.15, 0.2) is 0 Å². The average molecular weight is 303 g/mol. The first-order chi connectivity index (χ1) is 8.76. The topological polar surface area (TPSA) is 0 Å². The highest BCUT2D eigenvalue weighted by atomic mass is 29.6. The Balaban J connectivity index is 3.90. The molecule has 0 N–H and O–H groups in total. The number of rotatable bonds is 13. The molecule has 0 radical (unpaired) electrons. The SMILES string of the molecule is CCCCC[SiH]([SiH3])[SiH](CCCCC)CCCCC. The minimum atomic E-state index is -0.233. The maximum absolute atomic E-state index is 2.35. The summed E-state index contributed by atoms with van der Waals surface area (Å²) in [5.41, 5.74) is 0. The Morgan fingerprint density at radius 2 is 1.00 bits per heavy atom. The second kappa shape index (κ2) is 14.1. The van der Waals surface area contributed by atoms with E-state index in [9.17, 15) is 0 Å². The fourth-order valence-corrected chi connectivity index (χ4v) is 21.6. The van der Waals surface area contributed by atoms with Crippen LogP contribution in [0, 0.1) is 0 Å². The molecule has 0 bridgehead atoms. The molecule has 0 aromatic heterocycles. The van der Waals surface area contributed by atoms with E-state index >= 15 is 0 Å². The first-order valence-corrected chi connectivity index (χ1v) is 18.5. The Morgan fingerprint density at radius 3 is 1.39 bits per heavy atom. The molecule has 0 saturated heterocycles. The highest BCUT2D eigenvalue weighted by molar-refractivity contribution is 7.41. The maximum Gasteiger partial charge on any atom is 0.0245 e. The lowest BCUT2D eigenvalue weighted by atomic mass is 10.3. The summed E-state index contributed by atoms with van der Waals surface area (Å²) in [6, 6.07) is 5.18. The summed E-state index contributed by atoms with van der Waals surface area (Å²) in [4.78, 5) is 0. The van der Waals surface area contributed by atoms with Gasteiger partial charge in [0.15, 0.2) is 0 Å². The molecule has 0 aromatic carbocycles. The zero-order valence-electron chi connectivity index (χ0n) is 13.6. The average Bonchev–Trinajstić information content (AvgIpc) is 2.37. The molecule has 0 spiro atoms. The van der Waals surface area contributed by atoms with Crippen molar-refractivity contribution in [1.82, 2.24) is 0 Å². The second-order valence-corrected chi connectivity index (χ2v) is 26.1. The van der Waals surface area contributed by atoms with Crippen molar-refractivity contribution in [2.75, 3.05) is 0 Å². The van der Waals surface area contributed by atoms with Crippen molar-refractivity contribution in [3.05, 3.63) is 0 Å². The van der Waals surface area contributed by atoms with E-state index in [2.05, 4.69) is 20.8 Å². The van der Waals surface area contributed by atoms with Crippen LogP contribution < -0.4 is 0 Å². The molecule has 0 aliphatic carbocycles. The van der Waals surface area contributed by atoms with Crippen molar-refractivity contribution < 1.29 is 0 Å². The van der Waals surface area contributed by atoms with Gasteiger partial charge in [0, 0.05) is 16.1 Å². The summed E-state index contributed by atoms with van der Waals surface area (Å²) < 4.78 is 0. The van der Waals surface area contributed by atoms with E-state index < -0.39 is 0 Å². The molecule has 1 atom stereocenters. The van der Waals surface area contributed by atoms with Gasteiger partial charge in [0.1, 0.15) is 0 Å². The van der Waals surface area contributed by atoms with Gasteiger partial charge in [-0.1, -0.05) is 96.7 Å². The quantitative estimate of drug-likeness (QED) is 0.357. The van der Waals surface area contributed by atoms with Crippen LogP contribution in [0.5, 0.6) is 0 Å². The molecule has 0 heterocycles. The van der Waals surface area contributed by atoms with Gasteiger partial charge in [-0.2, -0.15) is 0 Å². The van der Waals surface area contributed by atoms with Gasteiger partial charge in [0.2, 0.25) is 0 Å². The third kappa shape index (κ3) is 10.6. The van der Waals surface area contributed by atoms with E-state index in [4.69, 9.17) is 0 Å². The van der Waals surface area contributed by atoms with Crippen LogP contribution in [0.4, 0.5) is 0 Å². The minimum absolute atomic E-state index is 0.156. The highest BCUT2D eigenvalue weighted by Gasteiger charge is 2.18. The van der Waals surface area contributed by atoms with Gasteiger partial charge < -0.3 is 0 Å². The zero-order valence-corrected chi connectivity index (χ0v) is 17.9. The van der Waals surface area contributed by atoms with Crippen LogP contribution in [-0.2, 0) is 0 Å². The van der Waals surface area contributed by atoms with Crippen molar-refractivity contribution in [1.29, 1.82) is 0 Å². The molecule has 0 amide bonds. The number of unbranched alkanes of at least 4 members (excludes halogenated alkanes) is 6. The molecule has 3 heteroatoms. The fourth-order valence-electron chi connectivity index (χ4n) is 2.98. The summed E-state index contributed by atoms with van der Waals surface area (Å²) in [5, 5.41) is 0. The van der Waals surface area contributed by atoms with E-state index in [1.54, 1.807) is 47.2 Å². The first kappa shape index (κ1) is 18.7. The minimum Gasteiger partial charge on any atom is -0.0654 e. The molecule has 0 aromatic rings. The van der Waals surface area contributed by atoms with Crippen LogP contribution in [0.25, 0.3) is 0 Å². The Morgan fingerprint density at radius 1 is 0.611 bits per heavy atom. The molecular weight excluding hydrogens is 264 g/mol. The lowest BCUT2D eigenvalue weighted by Crippen LogP contribution is -2.36. The van der Waals surface area contributed by atoms with Gasteiger partial charge in [-0.15, -0.1) is 0 Å². The lowest BCUT2D eigenvalue weighted by molar-refractivity contribution is 0.748. The van der Waals surface area contributed by atoms with Crippen LogP contribution in [0.2, 0.25) is 18.1 Å². The third-order valence-corrected chi connectivity index (χ3v) is 27.7. The summed E-state index contributed by atoms with van der Waals surface area (Å²) in [6.07, 6.45) is 13.5. The smallest absolute Gasteiger partial charge is 0.0245 e. The molecule has 0 rings (SSSR count). The second-order valence-electron chi connectivity index (χ2n) is 6.22. The van der Waals surface area contributed by atoms with Crippen molar-refractivity contribution in [2.24, 2.45) is 0 Å². The van der Waals surface area contributed by atoms with Gasteiger partial charge in [0.25, 0.3) is 0 Å². The largest absolute Gasteiger partial charge is 0.0654 e. The third-order valence-electron chi connectivity index (χ3n) is 4.42. The van der Waals surface area contributed by atoms with Gasteiger partial charge >= 0.3 is 0 Å². The van der Waals surface area contributed by atoms with Crippen LogP contribution in [0.3, 0.4) is 0 Å². The predicted octanol–water partition coefficient (Wildman–Crippen LogP) is 3.95. The van der Waals surface area contributed by atoms with E-state index in [1.165, 1.54) is 38.5 Å². The molecule has 0 saturated carbocycles. The van der Waals surface area contributed by atoms with Crippen molar-refractivity contribution >= 4 is 25.9 Å². The highest BCUT2D eigenvalue weighted by Crippen LogP contribution is 2.16. The zero-order chi connectivity index (χ0) is 13.6. The van der Waals surface area contributed by atoms with E-state index in [-0.39, 0.29) is 16.1 Å². The summed E-state index contributed by atoms with van der Waals surface area (Å²) >= 11 is 0. The Hall–Kier alpha value is 0.651.